The van der Waals surface area contributed by atoms with E-state index in [1.54, 1.807) is 12.1 Å². The minimum absolute atomic E-state index is 0.404. The summed E-state index contributed by atoms with van der Waals surface area (Å²) < 4.78 is 0.925. The predicted octanol–water partition coefficient (Wildman–Crippen LogP) is 2.84. The molecule has 0 aliphatic heterocycles. The first kappa shape index (κ1) is 8.75. The monoisotopic (exact) mass is 232 g/mol. The molecule has 1 aromatic rings. The van der Waals surface area contributed by atoms with Gasteiger partial charge in [-0.05, 0) is 23.8 Å². The molecule has 1 rings (SSSR count). The molecule has 0 aliphatic rings. The third-order valence-corrected chi connectivity index (χ3v) is 2.32. The Hall–Kier alpha value is -0.340. The molecule has 1 nitrogen and oxygen atoms in total. The summed E-state index contributed by atoms with van der Waals surface area (Å²) in [5.41, 5.74) is 0.924. The van der Waals surface area contributed by atoms with E-state index in [0.717, 1.165) is 16.3 Å². The largest absolute Gasteiger partial charge is 0.303 e. The lowest BCUT2D eigenvalue weighted by Gasteiger charge is -1.99. The maximum absolute atomic E-state index is 10.2. The Kier molecular flexibility index (Phi) is 3.09. The van der Waals surface area contributed by atoms with Crippen molar-refractivity contribution in [2.45, 2.75) is 6.42 Å². The van der Waals surface area contributed by atoms with Crippen LogP contribution in [0.25, 0.3) is 0 Å². The van der Waals surface area contributed by atoms with Crippen LogP contribution < -0.4 is 0 Å². The van der Waals surface area contributed by atoms with Crippen LogP contribution in [0.2, 0.25) is 5.02 Å². The molecule has 0 heterocycles. The molecule has 0 unspecified atom stereocenters. The second-order valence-corrected chi connectivity index (χ2v) is 3.40. The number of halogens is 2. The molecule has 11 heavy (non-hydrogen) atoms. The summed E-state index contributed by atoms with van der Waals surface area (Å²) in [6, 6.07) is 5.39. The molecule has 0 saturated carbocycles. The van der Waals surface area contributed by atoms with Crippen LogP contribution in [0.15, 0.2) is 22.7 Å². The molecule has 0 fully saturated rings. The van der Waals surface area contributed by atoms with Crippen molar-refractivity contribution in [3.8, 4) is 0 Å². The van der Waals surface area contributed by atoms with Gasteiger partial charge in [0.25, 0.3) is 0 Å². The summed E-state index contributed by atoms with van der Waals surface area (Å²) in [5.74, 6) is 0. The highest BCUT2D eigenvalue weighted by molar-refractivity contribution is 9.10. The standard InChI is InChI=1S/C8H6BrClO/c9-8-2-1-7(10)5-6(8)3-4-11/h1-2,4-5H,3H2. The average molecular weight is 233 g/mol. The van der Waals surface area contributed by atoms with E-state index in [4.69, 9.17) is 11.6 Å². The molecule has 3 heteroatoms. The molecule has 1 aromatic carbocycles. The lowest BCUT2D eigenvalue weighted by molar-refractivity contribution is -0.107. The van der Waals surface area contributed by atoms with Gasteiger partial charge in [-0.2, -0.15) is 0 Å². The summed E-state index contributed by atoms with van der Waals surface area (Å²) in [4.78, 5) is 10.2. The zero-order valence-electron chi connectivity index (χ0n) is 5.68. The Bertz CT molecular complexity index is 273. The zero-order valence-corrected chi connectivity index (χ0v) is 8.02. The fourth-order valence-electron chi connectivity index (χ4n) is 0.790. The summed E-state index contributed by atoms with van der Waals surface area (Å²) >= 11 is 9.03. The third kappa shape index (κ3) is 2.31. The van der Waals surface area contributed by atoms with E-state index in [0.29, 0.717) is 11.4 Å². The van der Waals surface area contributed by atoms with Gasteiger partial charge in [-0.3, -0.25) is 0 Å². The first-order valence-corrected chi connectivity index (χ1v) is 4.28. The van der Waals surface area contributed by atoms with E-state index in [-0.39, 0.29) is 0 Å². The predicted molar refractivity (Wildman–Crippen MR) is 48.9 cm³/mol. The molecule has 0 bridgehead atoms. The topological polar surface area (TPSA) is 17.1 Å². The van der Waals surface area contributed by atoms with Crippen molar-refractivity contribution >= 4 is 33.8 Å². The van der Waals surface area contributed by atoms with Crippen LogP contribution in [0.1, 0.15) is 5.56 Å². The fraction of sp³-hybridized carbons (Fsp3) is 0.125. The van der Waals surface area contributed by atoms with Crippen LogP contribution in [0, 0.1) is 0 Å². The highest BCUT2D eigenvalue weighted by Crippen LogP contribution is 2.20. The lowest BCUT2D eigenvalue weighted by atomic mass is 10.2. The second-order valence-electron chi connectivity index (χ2n) is 2.11. The summed E-state index contributed by atoms with van der Waals surface area (Å²) in [6.45, 7) is 0. The molecule has 0 spiro atoms. The normalized spacial score (nSPS) is 9.64. The van der Waals surface area contributed by atoms with Gasteiger partial charge in [0, 0.05) is 15.9 Å². The van der Waals surface area contributed by atoms with Crippen molar-refractivity contribution in [1.29, 1.82) is 0 Å². The number of aldehydes is 1. The van der Waals surface area contributed by atoms with Crippen LogP contribution in [0.5, 0.6) is 0 Å². The molecule has 0 aliphatic carbocycles. The number of hydrogen-bond donors (Lipinski definition) is 0. The quantitative estimate of drug-likeness (QED) is 0.718. The van der Waals surface area contributed by atoms with E-state index in [1.165, 1.54) is 0 Å². The molecule has 0 aromatic heterocycles. The Balaban J connectivity index is 3.01. The number of rotatable bonds is 2. The third-order valence-electron chi connectivity index (χ3n) is 1.31. The van der Waals surface area contributed by atoms with Crippen molar-refractivity contribution in [2.24, 2.45) is 0 Å². The van der Waals surface area contributed by atoms with E-state index >= 15 is 0 Å². The fourth-order valence-corrected chi connectivity index (χ4v) is 1.39. The molecule has 0 amide bonds. The molecule has 0 N–H and O–H groups in total. The van der Waals surface area contributed by atoms with Gasteiger partial charge < -0.3 is 4.79 Å². The number of benzene rings is 1. The van der Waals surface area contributed by atoms with Gasteiger partial charge in [0.1, 0.15) is 6.29 Å². The van der Waals surface area contributed by atoms with Crippen LogP contribution in [-0.4, -0.2) is 6.29 Å². The minimum atomic E-state index is 0.404. The first-order valence-electron chi connectivity index (χ1n) is 3.11. The SMILES string of the molecule is O=CCc1cc(Cl)ccc1Br. The first-order chi connectivity index (χ1) is 5.24. The van der Waals surface area contributed by atoms with Crippen molar-refractivity contribution in [2.75, 3.05) is 0 Å². The van der Waals surface area contributed by atoms with Crippen LogP contribution >= 0.6 is 27.5 Å². The van der Waals surface area contributed by atoms with Gasteiger partial charge in [0.2, 0.25) is 0 Å². The van der Waals surface area contributed by atoms with E-state index in [9.17, 15) is 4.79 Å². The molecular weight excluding hydrogens is 227 g/mol. The number of hydrogen-bond acceptors (Lipinski definition) is 1. The zero-order chi connectivity index (χ0) is 8.27. The Labute approximate surface area is 78.5 Å². The van der Waals surface area contributed by atoms with Gasteiger partial charge in [0.05, 0.1) is 0 Å². The minimum Gasteiger partial charge on any atom is -0.303 e. The summed E-state index contributed by atoms with van der Waals surface area (Å²) in [5, 5.41) is 0.657. The van der Waals surface area contributed by atoms with Crippen molar-refractivity contribution in [1.82, 2.24) is 0 Å². The highest BCUT2D eigenvalue weighted by atomic mass is 79.9. The summed E-state index contributed by atoms with van der Waals surface area (Å²) in [6.07, 6.45) is 1.26. The van der Waals surface area contributed by atoms with Gasteiger partial charge in [-0.1, -0.05) is 27.5 Å². The molecule has 58 valence electrons. The Morgan fingerprint density at radius 1 is 1.55 bits per heavy atom. The van der Waals surface area contributed by atoms with E-state index in [1.807, 2.05) is 6.07 Å². The van der Waals surface area contributed by atoms with Crippen molar-refractivity contribution in [3.63, 3.8) is 0 Å². The van der Waals surface area contributed by atoms with Crippen molar-refractivity contribution < 1.29 is 4.79 Å². The maximum atomic E-state index is 10.2. The molecular formula is C8H6BrClO. The second kappa shape index (κ2) is 3.88. The maximum Gasteiger partial charge on any atom is 0.124 e. The Morgan fingerprint density at radius 3 is 2.91 bits per heavy atom. The molecule has 0 saturated heterocycles. The van der Waals surface area contributed by atoms with Gasteiger partial charge in [-0.25, -0.2) is 0 Å². The van der Waals surface area contributed by atoms with Crippen LogP contribution in [-0.2, 0) is 11.2 Å². The van der Waals surface area contributed by atoms with E-state index < -0.39 is 0 Å². The molecule has 0 atom stereocenters. The van der Waals surface area contributed by atoms with E-state index in [2.05, 4.69) is 15.9 Å². The highest BCUT2D eigenvalue weighted by Gasteiger charge is 1.98. The average Bonchev–Trinajstić information content (AvgIpc) is 1.98. The smallest absolute Gasteiger partial charge is 0.124 e. The van der Waals surface area contributed by atoms with Crippen LogP contribution in [0.3, 0.4) is 0 Å². The van der Waals surface area contributed by atoms with Gasteiger partial charge in [0.15, 0.2) is 0 Å². The Morgan fingerprint density at radius 2 is 2.27 bits per heavy atom. The number of carbonyl (C=O) groups is 1. The lowest BCUT2D eigenvalue weighted by Crippen LogP contribution is -1.86. The van der Waals surface area contributed by atoms with Crippen molar-refractivity contribution in [3.05, 3.63) is 33.3 Å². The number of carbonyl (C=O) groups excluding carboxylic acids is 1. The molecule has 0 radical (unpaired) electrons. The van der Waals surface area contributed by atoms with Crippen LogP contribution in [0.4, 0.5) is 0 Å². The summed E-state index contributed by atoms with van der Waals surface area (Å²) in [7, 11) is 0. The van der Waals surface area contributed by atoms with Gasteiger partial charge >= 0.3 is 0 Å². The van der Waals surface area contributed by atoms with Gasteiger partial charge in [-0.15, -0.1) is 0 Å².